The van der Waals surface area contributed by atoms with Crippen molar-refractivity contribution in [2.75, 3.05) is 11.5 Å². The third kappa shape index (κ3) is 2.50. The average Bonchev–Trinajstić information content (AvgIpc) is 2.78. The fraction of sp³-hybridized carbons (Fsp3) is 0.636. The second kappa shape index (κ2) is 4.61. The number of carboxylic acids is 1. The SMILES string of the molecule is Cc1nn(C2CCS(=O)(=O)C2)c(C)c1C(N)C(=O)O. The number of aryl methyl sites for hydroxylation is 1. The molecule has 106 valence electrons. The minimum absolute atomic E-state index is 0.0523. The van der Waals surface area contributed by atoms with Gasteiger partial charge in [0.05, 0.1) is 23.2 Å². The molecule has 2 rings (SSSR count). The summed E-state index contributed by atoms with van der Waals surface area (Å²) >= 11 is 0. The Kier molecular flexibility index (Phi) is 3.40. The normalized spacial score (nSPS) is 23.4. The van der Waals surface area contributed by atoms with Gasteiger partial charge in [-0.05, 0) is 20.3 Å². The molecule has 0 saturated carbocycles. The summed E-state index contributed by atoms with van der Waals surface area (Å²) < 4.78 is 24.6. The number of carbonyl (C=O) groups is 1. The van der Waals surface area contributed by atoms with E-state index in [2.05, 4.69) is 5.10 Å². The third-order valence-corrected chi connectivity index (χ3v) is 5.26. The summed E-state index contributed by atoms with van der Waals surface area (Å²) in [5.74, 6) is -0.919. The van der Waals surface area contributed by atoms with E-state index in [0.717, 1.165) is 0 Å². The molecule has 0 spiro atoms. The van der Waals surface area contributed by atoms with Crippen LogP contribution in [0.2, 0.25) is 0 Å². The summed E-state index contributed by atoms with van der Waals surface area (Å²) in [5, 5.41) is 13.3. The molecule has 2 atom stereocenters. The molecule has 0 radical (unpaired) electrons. The van der Waals surface area contributed by atoms with Gasteiger partial charge in [0, 0.05) is 11.3 Å². The molecule has 8 heteroatoms. The van der Waals surface area contributed by atoms with E-state index >= 15 is 0 Å². The van der Waals surface area contributed by atoms with Crippen LogP contribution in [0.4, 0.5) is 0 Å². The maximum atomic E-state index is 11.5. The van der Waals surface area contributed by atoms with Crippen molar-refractivity contribution in [2.45, 2.75) is 32.4 Å². The second-order valence-corrected chi connectivity index (χ2v) is 7.13. The zero-order valence-corrected chi connectivity index (χ0v) is 11.6. The van der Waals surface area contributed by atoms with Crippen molar-refractivity contribution >= 4 is 15.8 Å². The number of hydrogen-bond donors (Lipinski definition) is 2. The summed E-state index contributed by atoms with van der Waals surface area (Å²) in [7, 11) is -3.01. The number of hydrogen-bond acceptors (Lipinski definition) is 5. The van der Waals surface area contributed by atoms with Crippen LogP contribution in [0.15, 0.2) is 0 Å². The van der Waals surface area contributed by atoms with Gasteiger partial charge in [0.25, 0.3) is 0 Å². The van der Waals surface area contributed by atoms with Crippen molar-refractivity contribution in [3.05, 3.63) is 17.0 Å². The van der Waals surface area contributed by atoms with Crippen molar-refractivity contribution in [2.24, 2.45) is 5.73 Å². The van der Waals surface area contributed by atoms with Gasteiger partial charge in [0.1, 0.15) is 6.04 Å². The first-order chi connectivity index (χ1) is 8.73. The molecule has 2 unspecified atom stereocenters. The first-order valence-corrected chi connectivity index (χ1v) is 7.79. The zero-order chi connectivity index (χ0) is 14.4. The first-order valence-electron chi connectivity index (χ1n) is 5.97. The summed E-state index contributed by atoms with van der Waals surface area (Å²) in [6, 6.07) is -1.36. The standard InChI is InChI=1S/C11H17N3O4S/c1-6-9(10(12)11(15)16)7(2)14(13-6)8-3-4-19(17,18)5-8/h8,10H,3-5,12H2,1-2H3,(H,15,16). The molecule has 0 aliphatic carbocycles. The Morgan fingerprint density at radius 1 is 1.53 bits per heavy atom. The molecule has 0 aromatic carbocycles. The van der Waals surface area contributed by atoms with E-state index in [9.17, 15) is 13.2 Å². The van der Waals surface area contributed by atoms with Crippen LogP contribution < -0.4 is 5.73 Å². The van der Waals surface area contributed by atoms with E-state index in [1.807, 2.05) is 0 Å². The van der Waals surface area contributed by atoms with Crippen LogP contribution in [0.25, 0.3) is 0 Å². The maximum Gasteiger partial charge on any atom is 0.325 e. The van der Waals surface area contributed by atoms with Gasteiger partial charge in [0.15, 0.2) is 9.84 Å². The average molecular weight is 287 g/mol. The summed E-state index contributed by atoms with van der Waals surface area (Å²) in [4.78, 5) is 11.0. The molecule has 1 aromatic rings. The minimum Gasteiger partial charge on any atom is -0.480 e. The Labute approximate surface area is 111 Å². The van der Waals surface area contributed by atoms with Crippen molar-refractivity contribution in [3.63, 3.8) is 0 Å². The summed E-state index contributed by atoms with van der Waals surface area (Å²) in [6.07, 6.45) is 0.506. The predicted octanol–water partition coefficient (Wildman–Crippen LogP) is -0.0561. The van der Waals surface area contributed by atoms with Gasteiger partial charge in [-0.3, -0.25) is 9.48 Å². The van der Waals surface area contributed by atoms with Crippen molar-refractivity contribution in [3.8, 4) is 0 Å². The molecule has 7 nitrogen and oxygen atoms in total. The fourth-order valence-electron chi connectivity index (χ4n) is 2.57. The van der Waals surface area contributed by atoms with Gasteiger partial charge in [-0.1, -0.05) is 0 Å². The Bertz CT molecular complexity index is 620. The van der Waals surface area contributed by atoms with E-state index in [1.54, 1.807) is 18.5 Å². The number of nitrogens with two attached hydrogens (primary N) is 1. The third-order valence-electron chi connectivity index (χ3n) is 3.51. The quantitative estimate of drug-likeness (QED) is 0.805. The lowest BCUT2D eigenvalue weighted by atomic mass is 10.1. The Morgan fingerprint density at radius 3 is 2.63 bits per heavy atom. The molecule has 3 N–H and O–H groups in total. The van der Waals surface area contributed by atoms with E-state index in [4.69, 9.17) is 10.8 Å². The number of sulfone groups is 1. The maximum absolute atomic E-state index is 11.5. The predicted molar refractivity (Wildman–Crippen MR) is 68.6 cm³/mol. The molecular formula is C11H17N3O4S. The van der Waals surface area contributed by atoms with Gasteiger partial charge in [-0.2, -0.15) is 5.10 Å². The molecule has 19 heavy (non-hydrogen) atoms. The number of carboxylic acid groups (broad SMARTS) is 1. The molecule has 0 amide bonds. The van der Waals surface area contributed by atoms with Crippen molar-refractivity contribution in [1.82, 2.24) is 9.78 Å². The van der Waals surface area contributed by atoms with E-state index in [0.29, 0.717) is 23.4 Å². The molecule has 1 aliphatic heterocycles. The lowest BCUT2D eigenvalue weighted by molar-refractivity contribution is -0.138. The zero-order valence-electron chi connectivity index (χ0n) is 10.8. The van der Waals surface area contributed by atoms with Gasteiger partial charge in [0.2, 0.25) is 0 Å². The van der Waals surface area contributed by atoms with Gasteiger partial charge >= 0.3 is 5.97 Å². The van der Waals surface area contributed by atoms with Crippen LogP contribution in [0.1, 0.15) is 35.5 Å². The van der Waals surface area contributed by atoms with Crippen LogP contribution in [-0.4, -0.2) is 40.8 Å². The van der Waals surface area contributed by atoms with Crippen LogP contribution in [-0.2, 0) is 14.6 Å². The molecular weight excluding hydrogens is 270 g/mol. The highest BCUT2D eigenvalue weighted by molar-refractivity contribution is 7.91. The van der Waals surface area contributed by atoms with Gasteiger partial charge in [-0.15, -0.1) is 0 Å². The van der Waals surface area contributed by atoms with Crippen LogP contribution >= 0.6 is 0 Å². The second-order valence-electron chi connectivity index (χ2n) is 4.90. The number of nitrogens with zero attached hydrogens (tertiary/aromatic N) is 2. The summed E-state index contributed by atoms with van der Waals surface area (Å²) in [5.41, 5.74) is 7.28. The van der Waals surface area contributed by atoms with Crippen LogP contribution in [0, 0.1) is 13.8 Å². The van der Waals surface area contributed by atoms with Crippen molar-refractivity contribution < 1.29 is 18.3 Å². The topological polar surface area (TPSA) is 115 Å². The molecule has 2 heterocycles. The number of aliphatic carboxylic acids is 1. The van der Waals surface area contributed by atoms with E-state index in [1.165, 1.54) is 0 Å². The molecule has 1 fully saturated rings. The Morgan fingerprint density at radius 2 is 2.16 bits per heavy atom. The van der Waals surface area contributed by atoms with Gasteiger partial charge < -0.3 is 10.8 Å². The van der Waals surface area contributed by atoms with Crippen LogP contribution in [0.5, 0.6) is 0 Å². The van der Waals surface area contributed by atoms with Gasteiger partial charge in [-0.25, -0.2) is 8.42 Å². The largest absolute Gasteiger partial charge is 0.480 e. The minimum atomic E-state index is -3.01. The van der Waals surface area contributed by atoms with Crippen molar-refractivity contribution in [1.29, 1.82) is 0 Å². The lowest BCUT2D eigenvalue weighted by Crippen LogP contribution is -2.22. The highest BCUT2D eigenvalue weighted by Gasteiger charge is 2.33. The number of aromatic nitrogens is 2. The summed E-state index contributed by atoms with van der Waals surface area (Å²) in [6.45, 7) is 3.41. The van der Waals surface area contributed by atoms with E-state index in [-0.39, 0.29) is 17.5 Å². The smallest absolute Gasteiger partial charge is 0.325 e. The Balaban J connectivity index is 2.40. The highest BCUT2D eigenvalue weighted by Crippen LogP contribution is 2.28. The Hall–Kier alpha value is -1.41. The molecule has 0 bridgehead atoms. The lowest BCUT2D eigenvalue weighted by Gasteiger charge is -2.12. The fourth-order valence-corrected chi connectivity index (χ4v) is 4.26. The highest BCUT2D eigenvalue weighted by atomic mass is 32.2. The van der Waals surface area contributed by atoms with E-state index < -0.39 is 21.8 Å². The first kappa shape index (κ1) is 14.0. The molecule has 1 aliphatic rings. The molecule has 1 aromatic heterocycles. The number of rotatable bonds is 3. The molecule has 1 saturated heterocycles. The van der Waals surface area contributed by atoms with Crippen LogP contribution in [0.3, 0.4) is 0 Å². The monoisotopic (exact) mass is 287 g/mol.